The molecule has 1 aliphatic rings. The second-order valence-electron chi connectivity index (χ2n) is 7.04. The first kappa shape index (κ1) is 18.9. The molecule has 1 aromatic heterocycles. The Bertz CT molecular complexity index is 771. The van der Waals surface area contributed by atoms with E-state index < -0.39 is 0 Å². The van der Waals surface area contributed by atoms with Crippen LogP contribution in [0.5, 0.6) is 0 Å². The lowest BCUT2D eigenvalue weighted by molar-refractivity contribution is -0.119. The highest BCUT2D eigenvalue weighted by atomic mass is 16.2. The molecular weight excluding hydrogens is 340 g/mol. The fourth-order valence-electron chi connectivity index (χ4n) is 3.23. The smallest absolute Gasteiger partial charge is 0.254 e. The Hall–Kier alpha value is -2.89. The molecule has 6 heteroatoms. The molecule has 0 unspecified atom stereocenters. The van der Waals surface area contributed by atoms with Gasteiger partial charge in [-0.25, -0.2) is 4.98 Å². The van der Waals surface area contributed by atoms with E-state index in [0.717, 1.165) is 18.8 Å². The molecule has 0 aliphatic carbocycles. The van der Waals surface area contributed by atoms with Gasteiger partial charge in [0, 0.05) is 50.5 Å². The van der Waals surface area contributed by atoms with E-state index in [1.54, 1.807) is 22.1 Å². The van der Waals surface area contributed by atoms with Gasteiger partial charge in [-0.3, -0.25) is 9.59 Å². The molecule has 2 heterocycles. The summed E-state index contributed by atoms with van der Waals surface area (Å²) in [5.41, 5.74) is 1.84. The zero-order valence-electron chi connectivity index (χ0n) is 15.9. The van der Waals surface area contributed by atoms with Crippen LogP contribution in [0.2, 0.25) is 0 Å². The van der Waals surface area contributed by atoms with Gasteiger partial charge >= 0.3 is 0 Å². The average Bonchev–Trinajstić information content (AvgIpc) is 2.72. The van der Waals surface area contributed by atoms with Crippen molar-refractivity contribution in [1.29, 1.82) is 0 Å². The highest BCUT2D eigenvalue weighted by molar-refractivity contribution is 5.95. The monoisotopic (exact) mass is 366 g/mol. The number of rotatable bonds is 6. The van der Waals surface area contributed by atoms with Crippen LogP contribution in [0, 0.1) is 0 Å². The molecule has 1 saturated heterocycles. The van der Waals surface area contributed by atoms with Crippen LogP contribution in [-0.2, 0) is 11.3 Å². The van der Waals surface area contributed by atoms with Crippen molar-refractivity contribution in [3.8, 4) is 0 Å². The van der Waals surface area contributed by atoms with Crippen LogP contribution in [0.25, 0.3) is 0 Å². The van der Waals surface area contributed by atoms with E-state index in [-0.39, 0.29) is 11.9 Å². The molecule has 0 radical (unpaired) electrons. The summed E-state index contributed by atoms with van der Waals surface area (Å²) in [5, 5.41) is 0. The first-order valence-electron chi connectivity index (χ1n) is 9.33. The maximum Gasteiger partial charge on any atom is 0.254 e. The van der Waals surface area contributed by atoms with Crippen LogP contribution in [0.3, 0.4) is 0 Å². The number of nitrogens with zero attached hydrogens (tertiary/aromatic N) is 4. The number of anilines is 1. The number of carbonyl (C=O) groups is 2. The molecule has 2 aromatic rings. The molecule has 1 aromatic carbocycles. The number of aromatic nitrogens is 1. The Balaban J connectivity index is 1.77. The van der Waals surface area contributed by atoms with E-state index in [4.69, 9.17) is 0 Å². The van der Waals surface area contributed by atoms with Crippen molar-refractivity contribution >= 4 is 18.1 Å². The summed E-state index contributed by atoms with van der Waals surface area (Å²) in [4.78, 5) is 33.9. The van der Waals surface area contributed by atoms with Crippen molar-refractivity contribution in [2.45, 2.75) is 26.4 Å². The predicted octanol–water partition coefficient (Wildman–Crippen LogP) is 2.41. The largest absolute Gasteiger partial charge is 0.350 e. The summed E-state index contributed by atoms with van der Waals surface area (Å²) in [6, 6.07) is 14.1. The molecule has 0 saturated carbocycles. The lowest BCUT2D eigenvalue weighted by atomic mass is 10.1. The maximum atomic E-state index is 12.9. The Kier molecular flexibility index (Phi) is 6.06. The van der Waals surface area contributed by atoms with Crippen molar-refractivity contribution in [1.82, 2.24) is 14.8 Å². The normalized spacial score (nSPS) is 14.3. The molecule has 1 fully saturated rings. The third-order valence-corrected chi connectivity index (χ3v) is 4.86. The molecule has 27 heavy (non-hydrogen) atoms. The number of pyridine rings is 1. The average molecular weight is 366 g/mol. The van der Waals surface area contributed by atoms with Gasteiger partial charge in [-0.2, -0.15) is 0 Å². The fraction of sp³-hybridized carbons (Fsp3) is 0.381. The Labute approximate surface area is 160 Å². The Morgan fingerprint density at radius 2 is 1.85 bits per heavy atom. The van der Waals surface area contributed by atoms with Gasteiger partial charge in [0.15, 0.2) is 0 Å². The fourth-order valence-corrected chi connectivity index (χ4v) is 3.23. The molecule has 2 amide bonds. The van der Waals surface area contributed by atoms with Crippen LogP contribution in [0.1, 0.15) is 29.8 Å². The van der Waals surface area contributed by atoms with Gasteiger partial charge in [0.05, 0.1) is 0 Å². The predicted molar refractivity (Wildman–Crippen MR) is 106 cm³/mol. The van der Waals surface area contributed by atoms with Gasteiger partial charge < -0.3 is 14.7 Å². The zero-order valence-corrected chi connectivity index (χ0v) is 15.9. The molecule has 0 spiro atoms. The highest BCUT2D eigenvalue weighted by Crippen LogP contribution is 2.20. The van der Waals surface area contributed by atoms with Crippen molar-refractivity contribution in [2.75, 3.05) is 31.1 Å². The number of carbonyl (C=O) groups excluding carboxylic acids is 2. The first-order chi connectivity index (χ1) is 13.1. The second-order valence-corrected chi connectivity index (χ2v) is 7.04. The van der Waals surface area contributed by atoms with Crippen LogP contribution < -0.4 is 4.90 Å². The maximum absolute atomic E-state index is 12.9. The van der Waals surface area contributed by atoms with Crippen LogP contribution in [0.15, 0.2) is 48.7 Å². The molecule has 3 rings (SSSR count). The molecule has 0 N–H and O–H groups in total. The van der Waals surface area contributed by atoms with Crippen molar-refractivity contribution in [3.05, 3.63) is 59.8 Å². The number of hydrogen-bond donors (Lipinski definition) is 0. The molecule has 1 aliphatic heterocycles. The van der Waals surface area contributed by atoms with Crippen LogP contribution in [-0.4, -0.2) is 59.3 Å². The number of benzene rings is 1. The van der Waals surface area contributed by atoms with Crippen LogP contribution in [0.4, 0.5) is 5.82 Å². The number of piperazine rings is 1. The van der Waals surface area contributed by atoms with E-state index in [1.165, 1.54) is 5.56 Å². The minimum Gasteiger partial charge on any atom is -0.350 e. The van der Waals surface area contributed by atoms with E-state index in [9.17, 15) is 9.59 Å². The molecule has 6 nitrogen and oxygen atoms in total. The first-order valence-corrected chi connectivity index (χ1v) is 9.33. The van der Waals surface area contributed by atoms with E-state index in [2.05, 4.69) is 35.9 Å². The third-order valence-electron chi connectivity index (χ3n) is 4.86. The quantitative estimate of drug-likeness (QED) is 0.737. The summed E-state index contributed by atoms with van der Waals surface area (Å²) in [7, 11) is 0. The standard InChI is InChI=1S/C21H26N4O2/c1-17(2)25(15-18-6-4-3-5-7-18)20-14-19(8-9-22-20)21(27)24-12-10-23(16-26)11-13-24/h3-9,14,16-17H,10-13,15H2,1-2H3. The molecule has 0 bridgehead atoms. The third kappa shape index (κ3) is 4.64. The highest BCUT2D eigenvalue weighted by Gasteiger charge is 2.22. The minimum atomic E-state index is -0.00684. The van der Waals surface area contributed by atoms with E-state index in [0.29, 0.717) is 31.7 Å². The van der Waals surface area contributed by atoms with Crippen molar-refractivity contribution in [3.63, 3.8) is 0 Å². The van der Waals surface area contributed by atoms with Gasteiger partial charge in [0.2, 0.25) is 6.41 Å². The van der Waals surface area contributed by atoms with Gasteiger partial charge in [0.25, 0.3) is 5.91 Å². The summed E-state index contributed by atoms with van der Waals surface area (Å²) in [6.45, 7) is 7.27. The summed E-state index contributed by atoms with van der Waals surface area (Å²) in [5.74, 6) is 0.791. The van der Waals surface area contributed by atoms with Gasteiger partial charge in [-0.15, -0.1) is 0 Å². The lowest BCUT2D eigenvalue weighted by Crippen LogP contribution is -2.48. The zero-order chi connectivity index (χ0) is 19.2. The molecular formula is C21H26N4O2. The molecule has 142 valence electrons. The van der Waals surface area contributed by atoms with Crippen molar-refractivity contribution in [2.24, 2.45) is 0 Å². The number of amides is 2. The Morgan fingerprint density at radius 3 is 2.48 bits per heavy atom. The SMILES string of the molecule is CC(C)N(Cc1ccccc1)c1cc(C(=O)N2CCN(C=O)CC2)ccn1. The second kappa shape index (κ2) is 8.66. The minimum absolute atomic E-state index is 0.00684. The lowest BCUT2D eigenvalue weighted by Gasteiger charge is -2.33. The van der Waals surface area contributed by atoms with Gasteiger partial charge in [0.1, 0.15) is 5.82 Å². The van der Waals surface area contributed by atoms with Gasteiger partial charge in [-0.1, -0.05) is 30.3 Å². The van der Waals surface area contributed by atoms with E-state index in [1.807, 2.05) is 24.3 Å². The van der Waals surface area contributed by atoms with Crippen LogP contribution >= 0.6 is 0 Å². The topological polar surface area (TPSA) is 56.8 Å². The number of hydrogen-bond acceptors (Lipinski definition) is 4. The summed E-state index contributed by atoms with van der Waals surface area (Å²) in [6.07, 6.45) is 2.54. The summed E-state index contributed by atoms with van der Waals surface area (Å²) >= 11 is 0. The van der Waals surface area contributed by atoms with Crippen molar-refractivity contribution < 1.29 is 9.59 Å². The van der Waals surface area contributed by atoms with E-state index >= 15 is 0 Å². The Morgan fingerprint density at radius 1 is 1.15 bits per heavy atom. The van der Waals surface area contributed by atoms with Gasteiger partial charge in [-0.05, 0) is 31.5 Å². The summed E-state index contributed by atoms with van der Waals surface area (Å²) < 4.78 is 0. The molecule has 0 atom stereocenters.